The molecule has 0 aromatic rings. The summed E-state index contributed by atoms with van der Waals surface area (Å²) < 4.78 is 16.7. The molecule has 0 fully saturated rings. The van der Waals surface area contributed by atoms with Crippen LogP contribution in [0.5, 0.6) is 0 Å². The molecule has 0 aromatic heterocycles. The van der Waals surface area contributed by atoms with Crippen LogP contribution in [0.4, 0.5) is 0 Å². The van der Waals surface area contributed by atoms with E-state index in [9.17, 15) is 14.4 Å². The van der Waals surface area contributed by atoms with E-state index in [2.05, 4.69) is 130 Å². The number of rotatable bonds is 46. The minimum absolute atomic E-state index is 0.104. The lowest BCUT2D eigenvalue weighted by Gasteiger charge is -2.18. The normalized spacial score (nSPS) is 13.0. The molecule has 6 nitrogen and oxygen atoms in total. The molecule has 0 N–H and O–H groups in total. The highest BCUT2D eigenvalue weighted by molar-refractivity contribution is 5.71. The van der Waals surface area contributed by atoms with E-state index in [1.54, 1.807) is 0 Å². The minimum atomic E-state index is -0.808. The van der Waals surface area contributed by atoms with E-state index in [-0.39, 0.29) is 31.1 Å². The molecule has 0 aromatic carbocycles. The maximum absolute atomic E-state index is 12.8. The summed E-state index contributed by atoms with van der Waals surface area (Å²) in [7, 11) is 0. The van der Waals surface area contributed by atoms with Crippen LogP contribution in [0.1, 0.15) is 226 Å². The predicted octanol–water partition coefficient (Wildman–Crippen LogP) is 17.5. The van der Waals surface area contributed by atoms with Gasteiger partial charge in [0.25, 0.3) is 0 Å². The zero-order valence-electron chi connectivity index (χ0n) is 42.0. The lowest BCUT2D eigenvalue weighted by atomic mass is 10.1. The third-order valence-corrected chi connectivity index (χ3v) is 10.7. The van der Waals surface area contributed by atoms with Crippen LogP contribution < -0.4 is 0 Å². The molecule has 65 heavy (non-hydrogen) atoms. The van der Waals surface area contributed by atoms with E-state index < -0.39 is 6.10 Å². The van der Waals surface area contributed by atoms with Crippen molar-refractivity contribution in [3.8, 4) is 0 Å². The van der Waals surface area contributed by atoms with Gasteiger partial charge < -0.3 is 14.2 Å². The van der Waals surface area contributed by atoms with Gasteiger partial charge in [-0.05, 0) is 122 Å². The van der Waals surface area contributed by atoms with Gasteiger partial charge in [0.1, 0.15) is 13.2 Å². The Morgan fingerprint density at radius 3 is 1.05 bits per heavy atom. The molecule has 0 radical (unpaired) electrons. The number of allylic oxidation sites excluding steroid dienone is 18. The van der Waals surface area contributed by atoms with Crippen molar-refractivity contribution in [3.05, 3.63) is 109 Å². The second kappa shape index (κ2) is 52.7. The fourth-order valence-electron chi connectivity index (χ4n) is 6.77. The molecule has 1 unspecified atom stereocenters. The SMILES string of the molecule is CC/C=C\C/C=C\C/C=C\C/C=C\C/C=C\C/C=C\CCCCC(=O)OCC(COC(=O)CCCCCCC/C=C\CCC)OC(=O)CCCCCCC/C=C\C/C=C\CCCCCC. The number of unbranched alkanes of at least 4 members (excludes halogenated alkanes) is 17. The lowest BCUT2D eigenvalue weighted by molar-refractivity contribution is -0.167. The summed E-state index contributed by atoms with van der Waals surface area (Å²) in [6.07, 6.45) is 70.8. The molecule has 0 saturated heterocycles. The average Bonchev–Trinajstić information content (AvgIpc) is 3.30. The van der Waals surface area contributed by atoms with Crippen LogP contribution in [0.25, 0.3) is 0 Å². The van der Waals surface area contributed by atoms with Gasteiger partial charge in [0.05, 0.1) is 0 Å². The minimum Gasteiger partial charge on any atom is -0.462 e. The first-order valence-electron chi connectivity index (χ1n) is 26.4. The Morgan fingerprint density at radius 1 is 0.323 bits per heavy atom. The fourth-order valence-corrected chi connectivity index (χ4v) is 6.77. The van der Waals surface area contributed by atoms with E-state index in [0.717, 1.165) is 135 Å². The molecular formula is C59H96O6. The Bertz CT molecular complexity index is 1360. The highest BCUT2D eigenvalue weighted by atomic mass is 16.6. The van der Waals surface area contributed by atoms with Crippen molar-refractivity contribution < 1.29 is 28.6 Å². The third-order valence-electron chi connectivity index (χ3n) is 10.7. The molecule has 0 amide bonds. The van der Waals surface area contributed by atoms with Crippen LogP contribution in [0.15, 0.2) is 109 Å². The maximum atomic E-state index is 12.8. The number of carbonyl (C=O) groups is 3. The van der Waals surface area contributed by atoms with E-state index >= 15 is 0 Å². The summed E-state index contributed by atoms with van der Waals surface area (Å²) in [5.41, 5.74) is 0. The van der Waals surface area contributed by atoms with Gasteiger partial charge in [0, 0.05) is 19.3 Å². The van der Waals surface area contributed by atoms with E-state index in [4.69, 9.17) is 14.2 Å². The highest BCUT2D eigenvalue weighted by Crippen LogP contribution is 2.13. The molecule has 0 saturated carbocycles. The Kier molecular flexibility index (Phi) is 49.5. The molecule has 6 heteroatoms. The Labute approximate surface area is 400 Å². The van der Waals surface area contributed by atoms with Crippen LogP contribution in [-0.4, -0.2) is 37.2 Å². The molecular weight excluding hydrogens is 805 g/mol. The van der Waals surface area contributed by atoms with Gasteiger partial charge in [-0.15, -0.1) is 0 Å². The molecule has 368 valence electrons. The Balaban J connectivity index is 4.46. The predicted molar refractivity (Wildman–Crippen MR) is 279 cm³/mol. The molecule has 1 atom stereocenters. The summed E-state index contributed by atoms with van der Waals surface area (Å²) in [4.78, 5) is 37.9. The Hall–Kier alpha value is -3.93. The van der Waals surface area contributed by atoms with Crippen LogP contribution in [-0.2, 0) is 28.6 Å². The van der Waals surface area contributed by atoms with Crippen molar-refractivity contribution in [3.63, 3.8) is 0 Å². The summed E-state index contributed by atoms with van der Waals surface area (Å²) in [6, 6.07) is 0. The zero-order chi connectivity index (χ0) is 47.2. The molecule has 0 aliphatic rings. The van der Waals surface area contributed by atoms with Crippen LogP contribution >= 0.6 is 0 Å². The number of esters is 3. The van der Waals surface area contributed by atoms with E-state index in [0.29, 0.717) is 25.7 Å². The van der Waals surface area contributed by atoms with Gasteiger partial charge >= 0.3 is 17.9 Å². The maximum Gasteiger partial charge on any atom is 0.306 e. The van der Waals surface area contributed by atoms with Crippen molar-refractivity contribution in [1.82, 2.24) is 0 Å². The first-order valence-corrected chi connectivity index (χ1v) is 26.4. The van der Waals surface area contributed by atoms with E-state index in [1.807, 2.05) is 0 Å². The summed E-state index contributed by atoms with van der Waals surface area (Å²) in [5, 5.41) is 0. The van der Waals surface area contributed by atoms with Crippen LogP contribution in [0.2, 0.25) is 0 Å². The molecule has 0 spiro atoms. The molecule has 0 rings (SSSR count). The topological polar surface area (TPSA) is 78.9 Å². The number of hydrogen-bond donors (Lipinski definition) is 0. The number of ether oxygens (including phenoxy) is 3. The fraction of sp³-hybridized carbons (Fsp3) is 0.644. The van der Waals surface area contributed by atoms with Crippen LogP contribution in [0.3, 0.4) is 0 Å². The van der Waals surface area contributed by atoms with Gasteiger partial charge in [-0.25, -0.2) is 0 Å². The van der Waals surface area contributed by atoms with Crippen molar-refractivity contribution in [2.75, 3.05) is 13.2 Å². The van der Waals surface area contributed by atoms with Crippen molar-refractivity contribution in [2.45, 2.75) is 232 Å². The van der Waals surface area contributed by atoms with Gasteiger partial charge in [-0.3, -0.25) is 14.4 Å². The van der Waals surface area contributed by atoms with Crippen molar-refractivity contribution >= 4 is 17.9 Å². The standard InChI is InChI=1S/C59H96O6/c1-4-7-10-13-16-19-22-24-26-28-29-30-31-32-34-35-37-40-43-46-49-52-58(61)64-55-56(54-63-57(60)51-48-45-42-39-21-18-15-12-9-6-3)65-59(62)53-50-47-44-41-38-36-33-27-25-23-20-17-14-11-8-5-2/h7,10,12,15-16,19-20,23-24,26-27,29-30,32-34,37,40,56H,4-6,8-9,11,13-14,17-18,21-22,25,28,31,35-36,38-39,41-55H2,1-3H3/b10-7-,15-12-,19-16-,23-20-,26-24-,30-29-,33-27-,34-32-,40-37-. The average molecular weight is 901 g/mol. The van der Waals surface area contributed by atoms with Crippen molar-refractivity contribution in [1.29, 1.82) is 0 Å². The molecule has 0 aliphatic carbocycles. The van der Waals surface area contributed by atoms with Gasteiger partial charge in [-0.2, -0.15) is 0 Å². The van der Waals surface area contributed by atoms with Crippen molar-refractivity contribution in [2.24, 2.45) is 0 Å². The lowest BCUT2D eigenvalue weighted by Crippen LogP contribution is -2.30. The second-order valence-corrected chi connectivity index (χ2v) is 17.0. The van der Waals surface area contributed by atoms with Gasteiger partial charge in [0.2, 0.25) is 0 Å². The quantitative estimate of drug-likeness (QED) is 0.0262. The largest absolute Gasteiger partial charge is 0.462 e. The van der Waals surface area contributed by atoms with Gasteiger partial charge in [0.15, 0.2) is 6.10 Å². The highest BCUT2D eigenvalue weighted by Gasteiger charge is 2.19. The van der Waals surface area contributed by atoms with E-state index in [1.165, 1.54) is 44.9 Å². The first kappa shape index (κ1) is 61.1. The summed E-state index contributed by atoms with van der Waals surface area (Å²) in [5.74, 6) is -0.979. The third kappa shape index (κ3) is 50.9. The molecule has 0 bridgehead atoms. The monoisotopic (exact) mass is 901 g/mol. The molecule has 0 aliphatic heterocycles. The van der Waals surface area contributed by atoms with Gasteiger partial charge in [-0.1, -0.05) is 194 Å². The number of hydrogen-bond acceptors (Lipinski definition) is 6. The molecule has 0 heterocycles. The summed E-state index contributed by atoms with van der Waals surface area (Å²) >= 11 is 0. The Morgan fingerprint density at radius 2 is 0.631 bits per heavy atom. The first-order chi connectivity index (χ1) is 32.0. The second-order valence-electron chi connectivity index (χ2n) is 17.0. The van der Waals surface area contributed by atoms with Crippen LogP contribution in [0, 0.1) is 0 Å². The summed E-state index contributed by atoms with van der Waals surface area (Å²) in [6.45, 7) is 6.37. The number of carbonyl (C=O) groups excluding carboxylic acids is 3. The zero-order valence-corrected chi connectivity index (χ0v) is 42.0. The smallest absolute Gasteiger partial charge is 0.306 e.